The molecule has 0 radical (unpaired) electrons. The number of aromatic nitrogens is 1. The van der Waals surface area contributed by atoms with Crippen LogP contribution in [0.1, 0.15) is 5.69 Å². The van der Waals surface area contributed by atoms with Crippen molar-refractivity contribution in [2.75, 3.05) is 4.72 Å². The van der Waals surface area contributed by atoms with Gasteiger partial charge < -0.3 is 0 Å². The number of fused-ring (bicyclic) bond motifs is 3. The van der Waals surface area contributed by atoms with E-state index in [1.165, 1.54) is 12.1 Å². The molecule has 6 heteroatoms. The number of hydrogen-bond acceptors (Lipinski definition) is 3. The Bertz CT molecular complexity index is 1240. The number of anilines is 1. The van der Waals surface area contributed by atoms with Crippen molar-refractivity contribution in [2.45, 2.75) is 11.8 Å². The first kappa shape index (κ1) is 16.8. The molecule has 4 nitrogen and oxygen atoms in total. The summed E-state index contributed by atoms with van der Waals surface area (Å²) >= 11 is 5.85. The smallest absolute Gasteiger partial charge is 0.261 e. The maximum absolute atomic E-state index is 12.8. The summed E-state index contributed by atoms with van der Waals surface area (Å²) in [5, 5.41) is 3.29. The van der Waals surface area contributed by atoms with Crippen LogP contribution in [0.4, 0.5) is 5.69 Å². The van der Waals surface area contributed by atoms with Gasteiger partial charge in [0.25, 0.3) is 10.0 Å². The topological polar surface area (TPSA) is 59.1 Å². The molecule has 0 saturated heterocycles. The van der Waals surface area contributed by atoms with Crippen molar-refractivity contribution in [1.82, 2.24) is 4.98 Å². The molecule has 0 aliphatic heterocycles. The zero-order valence-electron chi connectivity index (χ0n) is 13.9. The van der Waals surface area contributed by atoms with Gasteiger partial charge in [0, 0.05) is 21.5 Å². The molecule has 0 bridgehead atoms. The fourth-order valence-electron chi connectivity index (χ4n) is 2.99. The van der Waals surface area contributed by atoms with Gasteiger partial charge in [-0.1, -0.05) is 48.0 Å². The molecule has 0 atom stereocenters. The summed E-state index contributed by atoms with van der Waals surface area (Å²) in [6, 6.07) is 19.6. The molecule has 4 rings (SSSR count). The van der Waals surface area contributed by atoms with Gasteiger partial charge in [0.1, 0.15) is 0 Å². The van der Waals surface area contributed by atoms with Crippen LogP contribution in [0, 0.1) is 6.92 Å². The predicted molar refractivity (Wildman–Crippen MR) is 106 cm³/mol. The Morgan fingerprint density at radius 2 is 1.65 bits per heavy atom. The van der Waals surface area contributed by atoms with Gasteiger partial charge in [0.15, 0.2) is 0 Å². The van der Waals surface area contributed by atoms with Crippen LogP contribution in [0.5, 0.6) is 0 Å². The Morgan fingerprint density at radius 3 is 2.42 bits per heavy atom. The first-order chi connectivity index (χ1) is 12.4. The van der Waals surface area contributed by atoms with Crippen molar-refractivity contribution in [3.05, 3.63) is 77.4 Å². The van der Waals surface area contributed by atoms with E-state index in [9.17, 15) is 8.42 Å². The summed E-state index contributed by atoms with van der Waals surface area (Å²) in [7, 11) is -3.73. The van der Waals surface area contributed by atoms with Gasteiger partial charge in [-0.15, -0.1) is 0 Å². The van der Waals surface area contributed by atoms with Gasteiger partial charge in [-0.3, -0.25) is 9.71 Å². The third-order valence-corrected chi connectivity index (χ3v) is 5.83. The van der Waals surface area contributed by atoms with Crippen molar-refractivity contribution < 1.29 is 8.42 Å². The fourth-order valence-corrected chi connectivity index (χ4v) is 4.19. The average molecular weight is 383 g/mol. The van der Waals surface area contributed by atoms with Gasteiger partial charge >= 0.3 is 0 Å². The third-order valence-electron chi connectivity index (χ3n) is 4.20. The zero-order chi connectivity index (χ0) is 18.3. The van der Waals surface area contributed by atoms with Crippen LogP contribution in [0.15, 0.2) is 71.6 Å². The molecule has 3 aromatic carbocycles. The van der Waals surface area contributed by atoms with Crippen LogP contribution < -0.4 is 4.72 Å². The van der Waals surface area contributed by atoms with Gasteiger partial charge in [-0.2, -0.15) is 0 Å². The van der Waals surface area contributed by atoms with E-state index in [1.54, 1.807) is 18.2 Å². The highest BCUT2D eigenvalue weighted by Gasteiger charge is 2.17. The molecule has 0 aliphatic rings. The number of pyridine rings is 1. The predicted octanol–water partition coefficient (Wildman–Crippen LogP) is 5.15. The largest absolute Gasteiger partial charge is 0.279 e. The van der Waals surface area contributed by atoms with Crippen molar-refractivity contribution in [3.63, 3.8) is 0 Å². The van der Waals surface area contributed by atoms with Gasteiger partial charge in [-0.25, -0.2) is 8.42 Å². The number of aryl methyl sites for hydroxylation is 1. The van der Waals surface area contributed by atoms with E-state index in [-0.39, 0.29) is 4.90 Å². The summed E-state index contributed by atoms with van der Waals surface area (Å²) in [5.74, 6) is 0. The van der Waals surface area contributed by atoms with E-state index in [2.05, 4.69) is 9.71 Å². The molecule has 130 valence electrons. The van der Waals surface area contributed by atoms with Crippen molar-refractivity contribution >= 4 is 49.0 Å². The zero-order valence-corrected chi connectivity index (χ0v) is 15.5. The normalized spacial score (nSPS) is 11.8. The van der Waals surface area contributed by atoms with Crippen LogP contribution in [-0.4, -0.2) is 13.4 Å². The molecule has 0 amide bonds. The molecule has 4 aromatic rings. The molecule has 26 heavy (non-hydrogen) atoms. The quantitative estimate of drug-likeness (QED) is 0.498. The monoisotopic (exact) mass is 382 g/mol. The fraction of sp³-hybridized carbons (Fsp3) is 0.0500. The molecule has 1 N–H and O–H groups in total. The van der Waals surface area contributed by atoms with E-state index >= 15 is 0 Å². The molecule has 0 unspecified atom stereocenters. The van der Waals surface area contributed by atoms with E-state index in [0.29, 0.717) is 10.7 Å². The van der Waals surface area contributed by atoms with Crippen LogP contribution in [0.3, 0.4) is 0 Å². The van der Waals surface area contributed by atoms with E-state index in [1.807, 2.05) is 43.3 Å². The highest BCUT2D eigenvalue weighted by atomic mass is 35.5. The minimum absolute atomic E-state index is 0.158. The molecule has 0 spiro atoms. The molecular formula is C20H15ClN2O2S. The lowest BCUT2D eigenvalue weighted by Crippen LogP contribution is -2.13. The number of halogens is 1. The molecule has 1 aromatic heterocycles. The Morgan fingerprint density at radius 1 is 0.923 bits per heavy atom. The van der Waals surface area contributed by atoms with E-state index in [0.717, 1.165) is 27.4 Å². The molecule has 0 saturated carbocycles. The highest BCUT2D eigenvalue weighted by molar-refractivity contribution is 7.92. The lowest BCUT2D eigenvalue weighted by Gasteiger charge is -2.13. The number of nitrogens with one attached hydrogen (secondary N) is 1. The van der Waals surface area contributed by atoms with Crippen LogP contribution in [0.25, 0.3) is 21.7 Å². The lowest BCUT2D eigenvalue weighted by atomic mass is 10.0. The Hall–Kier alpha value is -2.63. The summed E-state index contributed by atoms with van der Waals surface area (Å²) in [4.78, 5) is 4.78. The summed E-state index contributed by atoms with van der Waals surface area (Å²) in [6.45, 7) is 1.85. The minimum atomic E-state index is -3.73. The number of rotatable bonds is 3. The first-order valence-corrected chi connectivity index (χ1v) is 9.88. The molecular weight excluding hydrogens is 368 g/mol. The second-order valence-corrected chi connectivity index (χ2v) is 8.17. The Labute approximate surface area is 156 Å². The SMILES string of the molecule is Cc1cc(NS(=O)(=O)c2ccc(Cl)cc2)c2ccc3ccccc3c2n1. The molecule has 0 aliphatic carbocycles. The number of nitrogens with zero attached hydrogens (tertiary/aromatic N) is 1. The lowest BCUT2D eigenvalue weighted by molar-refractivity contribution is 0.601. The highest BCUT2D eigenvalue weighted by Crippen LogP contribution is 2.31. The minimum Gasteiger partial charge on any atom is -0.279 e. The van der Waals surface area contributed by atoms with E-state index < -0.39 is 10.0 Å². The first-order valence-electron chi connectivity index (χ1n) is 8.01. The third kappa shape index (κ3) is 3.00. The molecule has 1 heterocycles. The average Bonchev–Trinajstić information content (AvgIpc) is 2.61. The summed E-state index contributed by atoms with van der Waals surface area (Å²) in [6.07, 6.45) is 0. The standard InChI is InChI=1S/C20H15ClN2O2S/c1-13-12-19(23-26(24,25)16-9-7-15(21)8-10-16)18-11-6-14-4-2-3-5-17(14)20(18)22-13/h2-12H,1H3,(H,22,23). The van der Waals surface area contributed by atoms with Crippen molar-refractivity contribution in [2.24, 2.45) is 0 Å². The number of sulfonamides is 1. The van der Waals surface area contributed by atoms with Crippen LogP contribution in [-0.2, 0) is 10.0 Å². The summed E-state index contributed by atoms with van der Waals surface area (Å²) < 4.78 is 28.2. The van der Waals surface area contributed by atoms with Gasteiger partial charge in [-0.05, 0) is 42.6 Å². The molecule has 0 fully saturated rings. The van der Waals surface area contributed by atoms with E-state index in [4.69, 9.17) is 11.6 Å². The number of hydrogen-bond donors (Lipinski definition) is 1. The van der Waals surface area contributed by atoms with Crippen molar-refractivity contribution in [1.29, 1.82) is 0 Å². The van der Waals surface area contributed by atoms with Crippen LogP contribution in [0.2, 0.25) is 5.02 Å². The second-order valence-electron chi connectivity index (χ2n) is 6.05. The number of benzene rings is 3. The Kier molecular flexibility index (Phi) is 4.05. The maximum Gasteiger partial charge on any atom is 0.261 e. The second kappa shape index (κ2) is 6.27. The van der Waals surface area contributed by atoms with Gasteiger partial charge in [0.05, 0.1) is 16.1 Å². The summed E-state index contributed by atoms with van der Waals surface area (Å²) in [5.41, 5.74) is 2.02. The Balaban J connectivity index is 1.89. The van der Waals surface area contributed by atoms with Crippen molar-refractivity contribution in [3.8, 4) is 0 Å². The van der Waals surface area contributed by atoms with Crippen LogP contribution >= 0.6 is 11.6 Å². The maximum atomic E-state index is 12.8. The van der Waals surface area contributed by atoms with Gasteiger partial charge in [0.2, 0.25) is 0 Å².